The Labute approximate surface area is 156 Å². The quantitative estimate of drug-likeness (QED) is 0.652. The highest BCUT2D eigenvalue weighted by atomic mass is 19.2. The van der Waals surface area contributed by atoms with Gasteiger partial charge in [0, 0.05) is 13.2 Å². The zero-order valence-corrected chi connectivity index (χ0v) is 14.8. The van der Waals surface area contributed by atoms with Crippen LogP contribution in [0, 0.1) is 23.3 Å². The average Bonchev–Trinajstić information content (AvgIpc) is 2.67. The van der Waals surface area contributed by atoms with Crippen LogP contribution in [-0.2, 0) is 0 Å². The molecule has 0 bridgehead atoms. The number of H-pyrrole nitrogens is 1. The normalized spacial score (nSPS) is 12.1. The first-order chi connectivity index (χ1) is 13.2. The van der Waals surface area contributed by atoms with E-state index in [0.717, 1.165) is 17.0 Å². The van der Waals surface area contributed by atoms with E-state index in [0.29, 0.717) is 5.56 Å². The number of hydrogen-bond acceptors (Lipinski definition) is 2. The third-order valence-corrected chi connectivity index (χ3v) is 4.54. The molecule has 5 nitrogen and oxygen atoms in total. The number of aromatic nitrogens is 1. The highest BCUT2D eigenvalue weighted by Crippen LogP contribution is 2.28. The Balaban J connectivity index is 1.95. The largest absolute Gasteiger partial charge is 0.328 e. The summed E-state index contributed by atoms with van der Waals surface area (Å²) in [6.45, 7) is 1.58. The van der Waals surface area contributed by atoms with Crippen LogP contribution in [-0.4, -0.2) is 23.0 Å². The molecule has 0 aliphatic carbocycles. The van der Waals surface area contributed by atoms with E-state index in [1.54, 1.807) is 6.92 Å². The molecule has 0 saturated heterocycles. The first-order valence-corrected chi connectivity index (χ1v) is 8.19. The molecule has 2 amide bonds. The molecule has 146 valence electrons. The molecule has 0 spiro atoms. The molecule has 0 saturated carbocycles. The van der Waals surface area contributed by atoms with Crippen molar-refractivity contribution < 1.29 is 22.4 Å². The fourth-order valence-electron chi connectivity index (χ4n) is 2.84. The third-order valence-electron chi connectivity index (χ3n) is 4.54. The molecule has 9 heteroatoms. The summed E-state index contributed by atoms with van der Waals surface area (Å²) in [6.07, 6.45) is 1.29. The zero-order chi connectivity index (χ0) is 20.6. The number of amides is 2. The molecule has 3 aromatic rings. The van der Waals surface area contributed by atoms with Crippen LogP contribution in [0.1, 0.15) is 18.5 Å². The van der Waals surface area contributed by atoms with Crippen molar-refractivity contribution in [2.45, 2.75) is 13.0 Å². The highest BCUT2D eigenvalue weighted by molar-refractivity contribution is 5.91. The van der Waals surface area contributed by atoms with Gasteiger partial charge in [-0.1, -0.05) is 12.1 Å². The van der Waals surface area contributed by atoms with Crippen molar-refractivity contribution in [2.24, 2.45) is 0 Å². The highest BCUT2D eigenvalue weighted by Gasteiger charge is 2.23. The second kappa shape index (κ2) is 7.34. The minimum Gasteiger partial charge on any atom is -0.328 e. The van der Waals surface area contributed by atoms with Gasteiger partial charge in [0.15, 0.2) is 23.3 Å². The van der Waals surface area contributed by atoms with Gasteiger partial charge in [0.1, 0.15) is 0 Å². The van der Waals surface area contributed by atoms with E-state index in [4.69, 9.17) is 0 Å². The molecule has 28 heavy (non-hydrogen) atoms. The SMILES string of the molecule is CC(c1c[nH]c(=O)c2c(F)c(F)ccc12)N(C)C(=O)Nc1cccc(F)c1F. The van der Waals surface area contributed by atoms with E-state index in [-0.39, 0.29) is 11.1 Å². The fourth-order valence-corrected chi connectivity index (χ4v) is 2.84. The lowest BCUT2D eigenvalue weighted by atomic mass is 10.0. The van der Waals surface area contributed by atoms with Crippen molar-refractivity contribution in [2.75, 3.05) is 12.4 Å². The van der Waals surface area contributed by atoms with Crippen molar-refractivity contribution in [1.82, 2.24) is 9.88 Å². The molecule has 1 heterocycles. The number of halogens is 4. The van der Waals surface area contributed by atoms with E-state index in [9.17, 15) is 27.2 Å². The third kappa shape index (κ3) is 3.30. The minimum absolute atomic E-state index is 0.131. The summed E-state index contributed by atoms with van der Waals surface area (Å²) in [5.74, 6) is -4.78. The van der Waals surface area contributed by atoms with Crippen LogP contribution in [0.5, 0.6) is 0 Å². The Morgan fingerprint density at radius 3 is 2.46 bits per heavy atom. The number of anilines is 1. The Bertz CT molecular complexity index is 1130. The Morgan fingerprint density at radius 1 is 1.07 bits per heavy atom. The van der Waals surface area contributed by atoms with Gasteiger partial charge in [-0.25, -0.2) is 22.4 Å². The number of nitrogens with one attached hydrogen (secondary N) is 2. The van der Waals surface area contributed by atoms with E-state index < -0.39 is 46.3 Å². The van der Waals surface area contributed by atoms with Gasteiger partial charge in [0.05, 0.1) is 17.1 Å². The molecule has 3 rings (SSSR count). The number of nitrogens with zero attached hydrogens (tertiary/aromatic N) is 1. The molecule has 2 N–H and O–H groups in total. The van der Waals surface area contributed by atoms with Gasteiger partial charge in [-0.2, -0.15) is 0 Å². The minimum atomic E-state index is -1.29. The van der Waals surface area contributed by atoms with Gasteiger partial charge in [0.2, 0.25) is 0 Å². The lowest BCUT2D eigenvalue weighted by molar-refractivity contribution is 0.208. The summed E-state index contributed by atoms with van der Waals surface area (Å²) in [5.41, 5.74) is -0.814. The maximum Gasteiger partial charge on any atom is 0.322 e. The molecule has 0 fully saturated rings. The molecular weight excluding hydrogens is 378 g/mol. The van der Waals surface area contributed by atoms with Crippen LogP contribution in [0.4, 0.5) is 28.0 Å². The molecular formula is C19H15F4N3O2. The summed E-state index contributed by atoms with van der Waals surface area (Å²) in [4.78, 5) is 27.8. The predicted octanol–water partition coefficient (Wildman–Crippen LogP) is 4.31. The number of benzene rings is 2. The molecule has 1 atom stereocenters. The first kappa shape index (κ1) is 19.4. The molecule has 1 unspecified atom stereocenters. The van der Waals surface area contributed by atoms with E-state index >= 15 is 0 Å². The van der Waals surface area contributed by atoms with Crippen LogP contribution < -0.4 is 10.9 Å². The summed E-state index contributed by atoms with van der Waals surface area (Å²) < 4.78 is 54.6. The number of carbonyl (C=O) groups is 1. The Morgan fingerprint density at radius 2 is 1.75 bits per heavy atom. The van der Waals surface area contributed by atoms with Gasteiger partial charge in [-0.15, -0.1) is 0 Å². The number of fused-ring (bicyclic) bond motifs is 1. The van der Waals surface area contributed by atoms with Crippen molar-refractivity contribution in [1.29, 1.82) is 0 Å². The maximum atomic E-state index is 14.1. The first-order valence-electron chi connectivity index (χ1n) is 8.19. The molecule has 0 aliphatic rings. The van der Waals surface area contributed by atoms with Crippen molar-refractivity contribution in [3.05, 3.63) is 75.7 Å². The van der Waals surface area contributed by atoms with Crippen LogP contribution in [0.2, 0.25) is 0 Å². The van der Waals surface area contributed by atoms with Crippen LogP contribution in [0.3, 0.4) is 0 Å². The van der Waals surface area contributed by atoms with Crippen LogP contribution >= 0.6 is 0 Å². The number of rotatable bonds is 3. The van der Waals surface area contributed by atoms with Crippen molar-refractivity contribution >= 4 is 22.5 Å². The van der Waals surface area contributed by atoms with Crippen LogP contribution in [0.15, 0.2) is 41.3 Å². The maximum absolute atomic E-state index is 14.1. The average molecular weight is 393 g/mol. The standard InChI is InChI=1S/C19H15F4N3O2/c1-9(26(2)19(28)25-14-5-3-4-12(20)16(14)22)11-8-24-18(27)15-10(11)6-7-13(21)17(15)23/h3-9H,1-2H3,(H,24,27)(H,25,28). The summed E-state index contributed by atoms with van der Waals surface area (Å²) >= 11 is 0. The molecule has 2 aromatic carbocycles. The second-order valence-electron chi connectivity index (χ2n) is 6.18. The zero-order valence-electron chi connectivity index (χ0n) is 14.8. The van der Waals surface area contributed by atoms with Gasteiger partial charge >= 0.3 is 6.03 Å². The molecule has 1 aromatic heterocycles. The number of pyridine rings is 1. The van der Waals surface area contributed by atoms with Gasteiger partial charge in [0.25, 0.3) is 5.56 Å². The van der Waals surface area contributed by atoms with Crippen molar-refractivity contribution in [3.63, 3.8) is 0 Å². The smallest absolute Gasteiger partial charge is 0.322 e. The molecule has 0 radical (unpaired) electrons. The van der Waals surface area contributed by atoms with Gasteiger partial charge < -0.3 is 15.2 Å². The lowest BCUT2D eigenvalue weighted by Gasteiger charge is -2.26. The van der Waals surface area contributed by atoms with E-state index in [1.165, 1.54) is 31.4 Å². The van der Waals surface area contributed by atoms with E-state index in [2.05, 4.69) is 10.3 Å². The number of carbonyl (C=O) groups excluding carboxylic acids is 1. The summed E-state index contributed by atoms with van der Waals surface area (Å²) in [6, 6.07) is 3.99. The van der Waals surface area contributed by atoms with Crippen molar-refractivity contribution in [3.8, 4) is 0 Å². The predicted molar refractivity (Wildman–Crippen MR) is 96.0 cm³/mol. The Kier molecular flexibility index (Phi) is 5.08. The lowest BCUT2D eigenvalue weighted by Crippen LogP contribution is -2.34. The second-order valence-corrected chi connectivity index (χ2v) is 6.18. The fraction of sp³-hybridized carbons (Fsp3) is 0.158. The van der Waals surface area contributed by atoms with Gasteiger partial charge in [-0.3, -0.25) is 4.79 Å². The number of aromatic amines is 1. The molecule has 0 aliphatic heterocycles. The van der Waals surface area contributed by atoms with Crippen LogP contribution in [0.25, 0.3) is 10.8 Å². The number of hydrogen-bond donors (Lipinski definition) is 2. The summed E-state index contributed by atoms with van der Waals surface area (Å²) in [7, 11) is 1.38. The summed E-state index contributed by atoms with van der Waals surface area (Å²) in [5, 5.41) is 1.92. The van der Waals surface area contributed by atoms with E-state index in [1.807, 2.05) is 0 Å². The topological polar surface area (TPSA) is 65.2 Å². The Hall–Kier alpha value is -3.36. The monoisotopic (exact) mass is 393 g/mol. The van der Waals surface area contributed by atoms with Gasteiger partial charge in [-0.05, 0) is 36.1 Å². The number of urea groups is 1.